The fourth-order valence-corrected chi connectivity index (χ4v) is 1.36. The molecule has 0 saturated heterocycles. The monoisotopic (exact) mass is 241 g/mol. The summed E-state index contributed by atoms with van der Waals surface area (Å²) in [5, 5.41) is 3.05. The summed E-state index contributed by atoms with van der Waals surface area (Å²) in [5.41, 5.74) is 0.0640. The number of hydrogen-bond donors (Lipinski definition) is 1. The summed E-state index contributed by atoms with van der Waals surface area (Å²) < 4.78 is 36.8. The first-order valence-electron chi connectivity index (χ1n) is 5.38. The van der Waals surface area contributed by atoms with Crippen LogP contribution in [-0.2, 0) is 6.18 Å². The van der Waals surface area contributed by atoms with Gasteiger partial charge in [-0.2, -0.15) is 13.2 Å². The van der Waals surface area contributed by atoms with Gasteiger partial charge in [0.15, 0.2) is 0 Å². The maximum atomic E-state index is 12.3. The van der Waals surface area contributed by atoms with Crippen molar-refractivity contribution in [3.63, 3.8) is 0 Å². The Bertz CT molecular complexity index is 373. The second kappa shape index (κ2) is 6.19. The molecule has 0 saturated carbocycles. The van der Waals surface area contributed by atoms with Crippen LogP contribution in [0.5, 0.6) is 0 Å². The molecule has 0 unspecified atom stereocenters. The minimum atomic E-state index is -4.27. The molecule has 1 rings (SSSR count). The molecule has 92 valence electrons. The zero-order valence-electron chi connectivity index (χ0n) is 9.35. The van der Waals surface area contributed by atoms with E-state index in [-0.39, 0.29) is 0 Å². The van der Waals surface area contributed by atoms with E-state index in [0.717, 1.165) is 31.4 Å². The summed E-state index contributed by atoms with van der Waals surface area (Å²) >= 11 is 0. The number of benzene rings is 1. The van der Waals surface area contributed by atoms with E-state index in [4.69, 9.17) is 6.42 Å². The molecular weight excluding hydrogens is 227 g/mol. The molecule has 0 atom stereocenters. The number of alkyl halides is 3. The standard InChI is InChI=1S/C13H14F3N/c1-2-3-4-5-10-17-12-8-6-11(7-9-12)13(14,15)16/h1,6-9,17H,3-5,10H2. The smallest absolute Gasteiger partial charge is 0.385 e. The van der Waals surface area contributed by atoms with Gasteiger partial charge in [-0.3, -0.25) is 0 Å². The summed E-state index contributed by atoms with van der Waals surface area (Å²) in [4.78, 5) is 0. The minimum Gasteiger partial charge on any atom is -0.385 e. The van der Waals surface area contributed by atoms with Gasteiger partial charge in [0.1, 0.15) is 0 Å². The molecule has 1 aromatic carbocycles. The third kappa shape index (κ3) is 4.81. The van der Waals surface area contributed by atoms with Gasteiger partial charge in [-0.1, -0.05) is 0 Å². The molecule has 0 heterocycles. The first-order valence-corrected chi connectivity index (χ1v) is 5.38. The Balaban J connectivity index is 2.39. The topological polar surface area (TPSA) is 12.0 Å². The number of hydrogen-bond acceptors (Lipinski definition) is 1. The minimum absolute atomic E-state index is 0.629. The number of anilines is 1. The van der Waals surface area contributed by atoms with Gasteiger partial charge < -0.3 is 5.32 Å². The van der Waals surface area contributed by atoms with Crippen molar-refractivity contribution in [2.45, 2.75) is 25.4 Å². The Labute approximate surface area is 99.0 Å². The fourth-order valence-electron chi connectivity index (χ4n) is 1.36. The molecule has 0 radical (unpaired) electrons. The number of terminal acetylenes is 1. The van der Waals surface area contributed by atoms with Crippen LogP contribution in [0.15, 0.2) is 24.3 Å². The third-order valence-corrected chi connectivity index (χ3v) is 2.29. The first kappa shape index (κ1) is 13.4. The normalized spacial score (nSPS) is 10.9. The van der Waals surface area contributed by atoms with Crippen LogP contribution in [0.2, 0.25) is 0 Å². The molecule has 0 aromatic heterocycles. The summed E-state index contributed by atoms with van der Waals surface area (Å²) in [6, 6.07) is 5.02. The lowest BCUT2D eigenvalue weighted by atomic mass is 10.2. The van der Waals surface area contributed by atoms with Crippen molar-refractivity contribution in [1.82, 2.24) is 0 Å². The van der Waals surface area contributed by atoms with Crippen LogP contribution in [0, 0.1) is 12.3 Å². The van der Waals surface area contributed by atoms with E-state index in [2.05, 4.69) is 11.2 Å². The van der Waals surface area contributed by atoms with Crippen molar-refractivity contribution in [2.24, 2.45) is 0 Å². The zero-order valence-corrected chi connectivity index (χ0v) is 9.35. The highest BCUT2D eigenvalue weighted by Crippen LogP contribution is 2.29. The number of halogens is 3. The van der Waals surface area contributed by atoms with Gasteiger partial charge in [0, 0.05) is 18.7 Å². The maximum absolute atomic E-state index is 12.3. The van der Waals surface area contributed by atoms with E-state index >= 15 is 0 Å². The van der Waals surface area contributed by atoms with Gasteiger partial charge in [0.2, 0.25) is 0 Å². The van der Waals surface area contributed by atoms with Crippen molar-refractivity contribution >= 4 is 5.69 Å². The van der Waals surface area contributed by atoms with Crippen LogP contribution < -0.4 is 5.32 Å². The van der Waals surface area contributed by atoms with Gasteiger partial charge >= 0.3 is 6.18 Å². The highest BCUT2D eigenvalue weighted by molar-refractivity contribution is 5.44. The van der Waals surface area contributed by atoms with E-state index in [1.54, 1.807) is 0 Å². The van der Waals surface area contributed by atoms with Crippen molar-refractivity contribution in [1.29, 1.82) is 0 Å². The van der Waals surface area contributed by atoms with Crippen LogP contribution in [0.25, 0.3) is 0 Å². The van der Waals surface area contributed by atoms with Gasteiger partial charge in [-0.15, -0.1) is 12.3 Å². The fraction of sp³-hybridized carbons (Fsp3) is 0.385. The molecular formula is C13H14F3N. The van der Waals surface area contributed by atoms with Crippen molar-refractivity contribution < 1.29 is 13.2 Å². The molecule has 0 spiro atoms. The molecule has 0 amide bonds. The Morgan fingerprint density at radius 3 is 2.29 bits per heavy atom. The first-order chi connectivity index (χ1) is 8.04. The van der Waals surface area contributed by atoms with Crippen molar-refractivity contribution in [3.8, 4) is 12.3 Å². The van der Waals surface area contributed by atoms with E-state index in [1.165, 1.54) is 12.1 Å². The van der Waals surface area contributed by atoms with Gasteiger partial charge in [-0.25, -0.2) is 0 Å². The number of unbranched alkanes of at least 4 members (excludes halogenated alkanes) is 2. The molecule has 1 nitrogen and oxygen atoms in total. The second-order valence-corrected chi connectivity index (χ2v) is 3.66. The Morgan fingerprint density at radius 1 is 1.12 bits per heavy atom. The van der Waals surface area contributed by atoms with E-state index < -0.39 is 11.7 Å². The van der Waals surface area contributed by atoms with Crippen LogP contribution in [0.1, 0.15) is 24.8 Å². The van der Waals surface area contributed by atoms with Gasteiger partial charge in [0.05, 0.1) is 5.56 Å². The third-order valence-electron chi connectivity index (χ3n) is 2.29. The second-order valence-electron chi connectivity index (χ2n) is 3.66. The van der Waals surface area contributed by atoms with Crippen LogP contribution in [0.3, 0.4) is 0 Å². The number of rotatable bonds is 5. The van der Waals surface area contributed by atoms with Crippen LogP contribution in [0.4, 0.5) is 18.9 Å². The molecule has 0 aliphatic carbocycles. The molecule has 1 aromatic rings. The van der Waals surface area contributed by atoms with Crippen LogP contribution >= 0.6 is 0 Å². The largest absolute Gasteiger partial charge is 0.416 e. The maximum Gasteiger partial charge on any atom is 0.416 e. The summed E-state index contributed by atoms with van der Waals surface area (Å²) in [5.74, 6) is 2.54. The van der Waals surface area contributed by atoms with E-state index in [1.807, 2.05) is 0 Å². The predicted octanol–water partition coefficient (Wildman–Crippen LogP) is 3.92. The summed E-state index contributed by atoms with van der Waals surface area (Å²) in [7, 11) is 0. The summed E-state index contributed by atoms with van der Waals surface area (Å²) in [6.45, 7) is 0.715. The average Bonchev–Trinajstić information content (AvgIpc) is 2.28. The molecule has 0 bridgehead atoms. The molecule has 17 heavy (non-hydrogen) atoms. The van der Waals surface area contributed by atoms with Crippen molar-refractivity contribution in [3.05, 3.63) is 29.8 Å². The van der Waals surface area contributed by atoms with E-state index in [0.29, 0.717) is 12.2 Å². The van der Waals surface area contributed by atoms with E-state index in [9.17, 15) is 13.2 Å². The highest BCUT2D eigenvalue weighted by Gasteiger charge is 2.29. The number of nitrogens with one attached hydrogen (secondary N) is 1. The zero-order chi connectivity index (χ0) is 12.7. The van der Waals surface area contributed by atoms with Gasteiger partial charge in [0.25, 0.3) is 0 Å². The molecule has 1 N–H and O–H groups in total. The van der Waals surface area contributed by atoms with Crippen LogP contribution in [-0.4, -0.2) is 6.54 Å². The predicted molar refractivity (Wildman–Crippen MR) is 62.6 cm³/mol. The highest BCUT2D eigenvalue weighted by atomic mass is 19.4. The Morgan fingerprint density at radius 2 is 1.76 bits per heavy atom. The average molecular weight is 241 g/mol. The molecule has 0 aliphatic rings. The van der Waals surface area contributed by atoms with Crippen molar-refractivity contribution in [2.75, 3.05) is 11.9 Å². The lowest BCUT2D eigenvalue weighted by molar-refractivity contribution is -0.137. The quantitative estimate of drug-likeness (QED) is 0.608. The molecule has 4 heteroatoms. The lowest BCUT2D eigenvalue weighted by Crippen LogP contribution is -2.05. The Kier molecular flexibility index (Phi) is 4.89. The van der Waals surface area contributed by atoms with Gasteiger partial charge in [-0.05, 0) is 37.1 Å². The molecule has 0 aliphatic heterocycles. The molecule has 0 fully saturated rings. The lowest BCUT2D eigenvalue weighted by Gasteiger charge is -2.09. The Hall–Kier alpha value is -1.63. The SMILES string of the molecule is C#CCCCCNc1ccc(C(F)(F)F)cc1. The summed E-state index contributed by atoms with van der Waals surface area (Å²) in [6.07, 6.45) is 3.39.